The van der Waals surface area contributed by atoms with Gasteiger partial charge in [-0.25, -0.2) is 9.18 Å². The monoisotopic (exact) mass is 370 g/mol. The number of hydrogen-bond donors (Lipinski definition) is 0. The molecule has 0 fully saturated rings. The number of halogens is 1. The molecule has 0 saturated heterocycles. The van der Waals surface area contributed by atoms with Gasteiger partial charge in [-0.05, 0) is 43.0 Å². The van der Waals surface area contributed by atoms with E-state index in [0.29, 0.717) is 49.2 Å². The van der Waals surface area contributed by atoms with Gasteiger partial charge in [-0.1, -0.05) is 18.2 Å². The van der Waals surface area contributed by atoms with Crippen molar-refractivity contribution in [2.24, 2.45) is 0 Å². The molecule has 0 N–H and O–H groups in total. The molecule has 0 atom stereocenters. The fraction of sp³-hybridized carbons (Fsp3) is 0.381. The SMILES string of the molecule is COC(=O)c1cc2c(nc1C)CCN(C(=O)CCc1ccccc1F)CC2. The molecule has 1 aromatic carbocycles. The van der Waals surface area contributed by atoms with Gasteiger partial charge >= 0.3 is 5.97 Å². The highest BCUT2D eigenvalue weighted by molar-refractivity contribution is 5.90. The van der Waals surface area contributed by atoms with Gasteiger partial charge in [0.25, 0.3) is 0 Å². The standard InChI is InChI=1S/C21H23FN2O3/c1-14-17(21(26)27-2)13-16-9-11-24(12-10-19(16)23-14)20(25)8-7-15-5-3-4-6-18(15)22/h3-6,13H,7-12H2,1-2H3. The van der Waals surface area contributed by atoms with Gasteiger partial charge in [0.1, 0.15) is 5.82 Å². The van der Waals surface area contributed by atoms with Crippen molar-refractivity contribution in [2.45, 2.75) is 32.6 Å². The van der Waals surface area contributed by atoms with Crippen LogP contribution in [0.3, 0.4) is 0 Å². The average molecular weight is 370 g/mol. The molecular weight excluding hydrogens is 347 g/mol. The highest BCUT2D eigenvalue weighted by Gasteiger charge is 2.22. The maximum atomic E-state index is 13.7. The molecule has 0 saturated carbocycles. The molecule has 0 aliphatic carbocycles. The zero-order valence-electron chi connectivity index (χ0n) is 15.6. The Morgan fingerprint density at radius 3 is 2.70 bits per heavy atom. The topological polar surface area (TPSA) is 59.5 Å². The van der Waals surface area contributed by atoms with E-state index in [-0.39, 0.29) is 18.1 Å². The Morgan fingerprint density at radius 2 is 1.96 bits per heavy atom. The number of carbonyl (C=O) groups excluding carboxylic acids is 2. The molecule has 1 aliphatic rings. The fourth-order valence-electron chi connectivity index (χ4n) is 3.40. The van der Waals surface area contributed by atoms with Crippen molar-refractivity contribution in [3.8, 4) is 0 Å². The van der Waals surface area contributed by atoms with Crippen LogP contribution in [0.15, 0.2) is 30.3 Å². The summed E-state index contributed by atoms with van der Waals surface area (Å²) in [6.45, 7) is 2.93. The summed E-state index contributed by atoms with van der Waals surface area (Å²) in [4.78, 5) is 30.8. The van der Waals surface area contributed by atoms with Gasteiger partial charge < -0.3 is 9.64 Å². The first-order chi connectivity index (χ1) is 13.0. The van der Waals surface area contributed by atoms with Gasteiger partial charge in [-0.3, -0.25) is 9.78 Å². The Balaban J connectivity index is 1.66. The molecule has 142 valence electrons. The fourth-order valence-corrected chi connectivity index (χ4v) is 3.40. The van der Waals surface area contributed by atoms with E-state index in [1.807, 2.05) is 6.07 Å². The number of fused-ring (bicyclic) bond motifs is 1. The van der Waals surface area contributed by atoms with Gasteiger partial charge in [0.15, 0.2) is 0 Å². The largest absolute Gasteiger partial charge is 0.465 e. The minimum absolute atomic E-state index is 0.0102. The summed E-state index contributed by atoms with van der Waals surface area (Å²) in [5, 5.41) is 0. The maximum absolute atomic E-state index is 13.7. The lowest BCUT2D eigenvalue weighted by molar-refractivity contribution is -0.131. The van der Waals surface area contributed by atoms with Crippen molar-refractivity contribution in [1.29, 1.82) is 0 Å². The second-order valence-electron chi connectivity index (χ2n) is 6.69. The lowest BCUT2D eigenvalue weighted by Gasteiger charge is -2.20. The lowest BCUT2D eigenvalue weighted by Crippen LogP contribution is -2.33. The molecular formula is C21H23FN2O3. The van der Waals surface area contributed by atoms with E-state index >= 15 is 0 Å². The number of aryl methyl sites for hydroxylation is 2. The third-order valence-electron chi connectivity index (χ3n) is 4.98. The van der Waals surface area contributed by atoms with Crippen LogP contribution < -0.4 is 0 Å². The van der Waals surface area contributed by atoms with E-state index in [2.05, 4.69) is 4.98 Å². The van der Waals surface area contributed by atoms with Crippen LogP contribution in [0.1, 0.15) is 39.3 Å². The quantitative estimate of drug-likeness (QED) is 0.777. The van der Waals surface area contributed by atoms with E-state index in [1.165, 1.54) is 13.2 Å². The number of nitrogens with zero attached hydrogens (tertiary/aromatic N) is 2. The second kappa shape index (κ2) is 8.29. The third kappa shape index (κ3) is 4.32. The molecule has 6 heteroatoms. The Kier molecular flexibility index (Phi) is 5.84. The summed E-state index contributed by atoms with van der Waals surface area (Å²) in [5.74, 6) is -0.663. The number of carbonyl (C=O) groups is 2. The number of pyridine rings is 1. The summed E-state index contributed by atoms with van der Waals surface area (Å²) >= 11 is 0. The maximum Gasteiger partial charge on any atom is 0.339 e. The van der Waals surface area contributed by atoms with Crippen molar-refractivity contribution in [2.75, 3.05) is 20.2 Å². The van der Waals surface area contributed by atoms with Crippen LogP contribution in [0.4, 0.5) is 4.39 Å². The molecule has 5 nitrogen and oxygen atoms in total. The van der Waals surface area contributed by atoms with Crippen LogP contribution in [0.2, 0.25) is 0 Å². The zero-order valence-corrected chi connectivity index (χ0v) is 15.6. The van der Waals surface area contributed by atoms with E-state index in [4.69, 9.17) is 4.74 Å². The summed E-state index contributed by atoms with van der Waals surface area (Å²) in [5.41, 5.74) is 3.56. The zero-order chi connectivity index (χ0) is 19.4. The van der Waals surface area contributed by atoms with Crippen molar-refractivity contribution < 1.29 is 18.7 Å². The van der Waals surface area contributed by atoms with E-state index in [0.717, 1.165) is 11.3 Å². The van der Waals surface area contributed by atoms with Crippen molar-refractivity contribution in [3.05, 3.63) is 64.2 Å². The second-order valence-corrected chi connectivity index (χ2v) is 6.69. The lowest BCUT2D eigenvalue weighted by atomic mass is 10.0. The normalized spacial score (nSPS) is 13.7. The molecule has 0 spiro atoms. The molecule has 0 radical (unpaired) electrons. The summed E-state index contributed by atoms with van der Waals surface area (Å²) < 4.78 is 18.5. The third-order valence-corrected chi connectivity index (χ3v) is 4.98. The number of ether oxygens (including phenoxy) is 1. The van der Waals surface area contributed by atoms with Gasteiger partial charge in [-0.15, -0.1) is 0 Å². The molecule has 1 aliphatic heterocycles. The van der Waals surface area contributed by atoms with Crippen LogP contribution >= 0.6 is 0 Å². The van der Waals surface area contributed by atoms with Crippen LogP contribution in [0, 0.1) is 12.7 Å². The Bertz CT molecular complexity index is 867. The number of rotatable bonds is 4. The van der Waals surface area contributed by atoms with Crippen LogP contribution in [-0.4, -0.2) is 42.0 Å². The van der Waals surface area contributed by atoms with E-state index in [1.54, 1.807) is 30.0 Å². The summed E-state index contributed by atoms with van der Waals surface area (Å²) in [6.07, 6.45) is 1.94. The van der Waals surface area contributed by atoms with E-state index < -0.39 is 5.97 Å². The van der Waals surface area contributed by atoms with Crippen molar-refractivity contribution in [3.63, 3.8) is 0 Å². The number of amides is 1. The molecule has 2 aromatic rings. The number of hydrogen-bond acceptors (Lipinski definition) is 4. The summed E-state index contributed by atoms with van der Waals surface area (Å²) in [6, 6.07) is 8.37. The Morgan fingerprint density at radius 1 is 1.22 bits per heavy atom. The highest BCUT2D eigenvalue weighted by Crippen LogP contribution is 2.20. The van der Waals surface area contributed by atoms with Gasteiger partial charge in [0.05, 0.1) is 18.4 Å². The molecule has 1 aromatic heterocycles. The Labute approximate surface area is 158 Å². The molecule has 3 rings (SSSR count). The predicted molar refractivity (Wildman–Crippen MR) is 99.0 cm³/mol. The van der Waals surface area contributed by atoms with Crippen molar-refractivity contribution in [1.82, 2.24) is 9.88 Å². The van der Waals surface area contributed by atoms with Crippen LogP contribution in [-0.2, 0) is 28.8 Å². The smallest absolute Gasteiger partial charge is 0.339 e. The first-order valence-corrected chi connectivity index (χ1v) is 9.08. The van der Waals surface area contributed by atoms with Gasteiger partial charge in [0, 0.05) is 31.6 Å². The number of aromatic nitrogens is 1. The van der Waals surface area contributed by atoms with Gasteiger partial charge in [-0.2, -0.15) is 0 Å². The molecule has 1 amide bonds. The molecule has 0 bridgehead atoms. The molecule has 2 heterocycles. The number of esters is 1. The summed E-state index contributed by atoms with van der Waals surface area (Å²) in [7, 11) is 1.35. The first kappa shape index (κ1) is 19.0. The Hall–Kier alpha value is -2.76. The van der Waals surface area contributed by atoms with E-state index in [9.17, 15) is 14.0 Å². The first-order valence-electron chi connectivity index (χ1n) is 9.08. The number of methoxy groups -OCH3 is 1. The number of benzene rings is 1. The molecule has 27 heavy (non-hydrogen) atoms. The van der Waals surface area contributed by atoms with Gasteiger partial charge in [0.2, 0.25) is 5.91 Å². The van der Waals surface area contributed by atoms with Crippen LogP contribution in [0.5, 0.6) is 0 Å². The highest BCUT2D eigenvalue weighted by atomic mass is 19.1. The minimum Gasteiger partial charge on any atom is -0.465 e. The average Bonchev–Trinajstić information content (AvgIpc) is 2.88. The molecule has 0 unspecified atom stereocenters. The predicted octanol–water partition coefficient (Wildman–Crippen LogP) is 2.88. The van der Waals surface area contributed by atoms with Crippen LogP contribution in [0.25, 0.3) is 0 Å². The minimum atomic E-state index is -0.398. The van der Waals surface area contributed by atoms with Crippen molar-refractivity contribution >= 4 is 11.9 Å².